The number of rotatable bonds is 4. The molecule has 0 amide bonds. The van der Waals surface area contributed by atoms with Gasteiger partial charge in [-0.3, -0.25) is 4.79 Å². The van der Waals surface area contributed by atoms with E-state index in [4.69, 9.17) is 9.72 Å². The van der Waals surface area contributed by atoms with Crippen molar-refractivity contribution in [2.75, 3.05) is 6.61 Å². The molecule has 144 valence electrons. The molecule has 0 radical (unpaired) electrons. The minimum atomic E-state index is -0.816. The van der Waals surface area contributed by atoms with Gasteiger partial charge in [0.2, 0.25) is 0 Å². The van der Waals surface area contributed by atoms with Crippen LogP contribution >= 0.6 is 11.3 Å². The largest absolute Gasteiger partial charge is 0.460 e. The first-order valence-electron chi connectivity index (χ1n) is 9.74. The van der Waals surface area contributed by atoms with Crippen molar-refractivity contribution in [1.82, 2.24) is 4.98 Å². The third kappa shape index (κ3) is 3.14. The fraction of sp³-hybridized carbons (Fsp3) is 0.348. The lowest BCUT2D eigenvalue weighted by Crippen LogP contribution is -2.20. The molecular formula is C23H23NO3S. The van der Waals surface area contributed by atoms with Crippen LogP contribution in [-0.4, -0.2) is 23.3 Å². The number of pyridine rings is 1. The first-order chi connectivity index (χ1) is 13.5. The Kier molecular flexibility index (Phi) is 5.02. The SMILES string of the molecule is CCOC(=O)C(=O)c1c(C)nc2sc3c(c2c1-c1ccc(C)cc1)CCCC3. The highest BCUT2D eigenvalue weighted by Crippen LogP contribution is 2.43. The van der Waals surface area contributed by atoms with Crippen molar-refractivity contribution in [3.05, 3.63) is 51.5 Å². The van der Waals surface area contributed by atoms with E-state index in [0.29, 0.717) is 11.3 Å². The molecule has 0 N–H and O–H groups in total. The third-order valence-corrected chi connectivity index (χ3v) is 6.50. The Bertz CT molecular complexity index is 1080. The van der Waals surface area contributed by atoms with Gasteiger partial charge in [-0.25, -0.2) is 9.78 Å². The minimum Gasteiger partial charge on any atom is -0.460 e. The van der Waals surface area contributed by atoms with Crippen LogP contribution in [0.1, 0.15) is 51.8 Å². The van der Waals surface area contributed by atoms with Crippen LogP contribution in [-0.2, 0) is 22.4 Å². The molecule has 0 aliphatic heterocycles. The number of ether oxygens (including phenoxy) is 1. The Morgan fingerprint density at radius 1 is 1.11 bits per heavy atom. The molecule has 28 heavy (non-hydrogen) atoms. The van der Waals surface area contributed by atoms with Gasteiger partial charge in [-0.15, -0.1) is 11.3 Å². The standard InChI is InChI=1S/C23H23NO3S/c1-4-27-23(26)21(25)18-14(3)24-22-20(16-7-5-6-8-17(16)28-22)19(18)15-11-9-13(2)10-12-15/h9-12H,4-8H2,1-3H3. The molecule has 1 aliphatic rings. The second-order valence-corrected chi connectivity index (χ2v) is 8.34. The maximum absolute atomic E-state index is 13.0. The van der Waals surface area contributed by atoms with E-state index in [-0.39, 0.29) is 6.61 Å². The molecular weight excluding hydrogens is 370 g/mol. The van der Waals surface area contributed by atoms with Crippen molar-refractivity contribution < 1.29 is 14.3 Å². The van der Waals surface area contributed by atoms with Crippen molar-refractivity contribution >= 4 is 33.3 Å². The predicted octanol–water partition coefficient (Wildman–Crippen LogP) is 5.20. The number of benzene rings is 1. The number of ketones is 1. The van der Waals surface area contributed by atoms with Gasteiger partial charge in [-0.2, -0.15) is 0 Å². The van der Waals surface area contributed by atoms with Crippen molar-refractivity contribution in [2.24, 2.45) is 0 Å². The molecule has 0 saturated heterocycles. The number of carbonyl (C=O) groups excluding carboxylic acids is 2. The maximum atomic E-state index is 13.0. The monoisotopic (exact) mass is 393 g/mol. The van der Waals surface area contributed by atoms with Gasteiger partial charge >= 0.3 is 5.97 Å². The van der Waals surface area contributed by atoms with Crippen LogP contribution in [0.25, 0.3) is 21.3 Å². The first-order valence-corrected chi connectivity index (χ1v) is 10.6. The minimum absolute atomic E-state index is 0.174. The number of Topliss-reactive ketones (excluding diaryl/α,β-unsaturated/α-hetero) is 1. The van der Waals surface area contributed by atoms with Gasteiger partial charge in [0, 0.05) is 15.8 Å². The fourth-order valence-electron chi connectivity index (χ4n) is 3.99. The van der Waals surface area contributed by atoms with Crippen LogP contribution in [0.3, 0.4) is 0 Å². The molecule has 5 heteroatoms. The number of nitrogens with zero attached hydrogens (tertiary/aromatic N) is 1. The Morgan fingerprint density at radius 3 is 2.54 bits per heavy atom. The smallest absolute Gasteiger partial charge is 0.379 e. The second-order valence-electron chi connectivity index (χ2n) is 7.25. The summed E-state index contributed by atoms with van der Waals surface area (Å²) >= 11 is 1.73. The molecule has 3 aromatic rings. The van der Waals surface area contributed by atoms with E-state index in [9.17, 15) is 9.59 Å². The van der Waals surface area contributed by atoms with Gasteiger partial charge in [0.05, 0.1) is 17.9 Å². The lowest BCUT2D eigenvalue weighted by atomic mass is 9.88. The van der Waals surface area contributed by atoms with Crippen LogP contribution in [0.2, 0.25) is 0 Å². The van der Waals surface area contributed by atoms with E-state index in [1.807, 2.05) is 38.1 Å². The Hall–Kier alpha value is -2.53. The summed E-state index contributed by atoms with van der Waals surface area (Å²) in [5.74, 6) is -1.43. The number of fused-ring (bicyclic) bond motifs is 3. The number of carbonyl (C=O) groups is 2. The average molecular weight is 394 g/mol. The predicted molar refractivity (Wildman–Crippen MR) is 112 cm³/mol. The molecule has 0 unspecified atom stereocenters. The molecule has 0 spiro atoms. The van der Waals surface area contributed by atoms with Crippen molar-refractivity contribution in [1.29, 1.82) is 0 Å². The van der Waals surface area contributed by atoms with Crippen molar-refractivity contribution in [3.63, 3.8) is 0 Å². The van der Waals surface area contributed by atoms with Crippen molar-refractivity contribution in [2.45, 2.75) is 46.5 Å². The topological polar surface area (TPSA) is 56.3 Å². The number of esters is 1. The molecule has 1 aromatic carbocycles. The molecule has 0 bridgehead atoms. The zero-order chi connectivity index (χ0) is 19.8. The quantitative estimate of drug-likeness (QED) is 0.347. The third-order valence-electron chi connectivity index (χ3n) is 5.31. The van der Waals surface area contributed by atoms with Crippen LogP contribution in [0.4, 0.5) is 0 Å². The normalized spacial score (nSPS) is 13.4. The summed E-state index contributed by atoms with van der Waals surface area (Å²) in [5, 5.41) is 1.04. The van der Waals surface area contributed by atoms with Crippen LogP contribution in [0, 0.1) is 13.8 Å². The lowest BCUT2D eigenvalue weighted by Gasteiger charge is -2.16. The van der Waals surface area contributed by atoms with E-state index in [1.165, 1.54) is 16.9 Å². The van der Waals surface area contributed by atoms with E-state index in [1.54, 1.807) is 18.3 Å². The van der Waals surface area contributed by atoms with Crippen LogP contribution < -0.4 is 0 Å². The average Bonchev–Trinajstić information content (AvgIpc) is 3.05. The van der Waals surface area contributed by atoms with Gasteiger partial charge in [0.15, 0.2) is 0 Å². The Labute approximate surface area is 168 Å². The molecule has 2 heterocycles. The fourth-order valence-corrected chi connectivity index (χ4v) is 5.30. The van der Waals surface area contributed by atoms with E-state index >= 15 is 0 Å². The van der Waals surface area contributed by atoms with E-state index in [0.717, 1.165) is 46.2 Å². The number of hydrogen-bond donors (Lipinski definition) is 0. The summed E-state index contributed by atoms with van der Waals surface area (Å²) in [5.41, 5.74) is 5.18. The van der Waals surface area contributed by atoms with Gasteiger partial charge in [-0.05, 0) is 57.6 Å². The highest BCUT2D eigenvalue weighted by molar-refractivity contribution is 7.19. The molecule has 4 nitrogen and oxygen atoms in total. The molecule has 0 saturated carbocycles. The zero-order valence-electron chi connectivity index (χ0n) is 16.4. The van der Waals surface area contributed by atoms with E-state index in [2.05, 4.69) is 0 Å². The maximum Gasteiger partial charge on any atom is 0.379 e. The molecule has 0 atom stereocenters. The highest BCUT2D eigenvalue weighted by Gasteiger charge is 2.29. The summed E-state index contributed by atoms with van der Waals surface area (Å²) in [6.07, 6.45) is 4.38. The summed E-state index contributed by atoms with van der Waals surface area (Å²) in [6.45, 7) is 5.72. The van der Waals surface area contributed by atoms with Gasteiger partial charge < -0.3 is 4.74 Å². The number of aryl methyl sites for hydroxylation is 4. The Morgan fingerprint density at radius 2 is 1.82 bits per heavy atom. The summed E-state index contributed by atoms with van der Waals surface area (Å²) < 4.78 is 5.02. The molecule has 1 aliphatic carbocycles. The second kappa shape index (κ2) is 7.47. The van der Waals surface area contributed by atoms with Gasteiger partial charge in [0.1, 0.15) is 4.83 Å². The number of hydrogen-bond acceptors (Lipinski definition) is 5. The molecule has 4 rings (SSSR count). The van der Waals surface area contributed by atoms with Crippen molar-refractivity contribution in [3.8, 4) is 11.1 Å². The molecule has 2 aromatic heterocycles. The first kappa shape index (κ1) is 18.8. The number of thiophene rings is 1. The van der Waals surface area contributed by atoms with Crippen LogP contribution in [0.5, 0.6) is 0 Å². The summed E-state index contributed by atoms with van der Waals surface area (Å²) in [7, 11) is 0. The Balaban J connectivity index is 2.06. The van der Waals surface area contributed by atoms with Gasteiger partial charge in [-0.1, -0.05) is 29.8 Å². The van der Waals surface area contributed by atoms with Gasteiger partial charge in [0.25, 0.3) is 5.78 Å². The number of aromatic nitrogens is 1. The highest BCUT2D eigenvalue weighted by atomic mass is 32.1. The summed E-state index contributed by atoms with van der Waals surface area (Å²) in [6, 6.07) is 8.12. The summed E-state index contributed by atoms with van der Waals surface area (Å²) in [4.78, 5) is 32.4. The molecule has 0 fully saturated rings. The zero-order valence-corrected chi connectivity index (χ0v) is 17.2. The van der Waals surface area contributed by atoms with E-state index < -0.39 is 11.8 Å². The van der Waals surface area contributed by atoms with Crippen LogP contribution in [0.15, 0.2) is 24.3 Å². The lowest BCUT2D eigenvalue weighted by molar-refractivity contribution is -0.137.